The maximum absolute atomic E-state index is 13.8. The number of amides is 2. The number of aryl methyl sites for hydroxylation is 1. The molecule has 0 spiro atoms. The van der Waals surface area contributed by atoms with Gasteiger partial charge in [-0.15, -0.1) is 0 Å². The summed E-state index contributed by atoms with van der Waals surface area (Å²) in [4.78, 5) is 28.9. The summed E-state index contributed by atoms with van der Waals surface area (Å²) in [6.45, 7) is 6.81. The Labute approximate surface area is 239 Å². The van der Waals surface area contributed by atoms with E-state index in [1.807, 2.05) is 93.6 Å². The summed E-state index contributed by atoms with van der Waals surface area (Å²) >= 11 is 0. The molecular weight excluding hydrogens is 522 g/mol. The lowest BCUT2D eigenvalue weighted by Gasteiger charge is -2.32. The van der Waals surface area contributed by atoms with Crippen LogP contribution < -0.4 is 9.62 Å². The summed E-state index contributed by atoms with van der Waals surface area (Å²) < 4.78 is 26.8. The standard InChI is InChI=1S/C32H41N3O4S/c1-5-21-33-32(37)30(23-27-15-8-6-9-16-27)34(24-28-17-10-7-11-18-28)31(36)20-13-22-35(40(4,38)39)29-19-12-14-25(2)26(29)3/h6-12,14-19,30H,5,13,20-24H2,1-4H3,(H,33,37). The average molecular weight is 564 g/mol. The molecule has 8 heteroatoms. The molecule has 0 bridgehead atoms. The fourth-order valence-electron chi connectivity index (χ4n) is 4.69. The molecule has 0 fully saturated rings. The van der Waals surface area contributed by atoms with Crippen molar-refractivity contribution in [2.24, 2.45) is 0 Å². The van der Waals surface area contributed by atoms with Crippen molar-refractivity contribution in [3.8, 4) is 0 Å². The Balaban J connectivity index is 1.86. The van der Waals surface area contributed by atoms with E-state index in [9.17, 15) is 18.0 Å². The molecule has 1 unspecified atom stereocenters. The Kier molecular flexibility index (Phi) is 11.3. The van der Waals surface area contributed by atoms with Crippen LogP contribution in [0.1, 0.15) is 48.4 Å². The van der Waals surface area contributed by atoms with Gasteiger partial charge in [-0.2, -0.15) is 0 Å². The van der Waals surface area contributed by atoms with Gasteiger partial charge in [-0.3, -0.25) is 13.9 Å². The maximum atomic E-state index is 13.8. The number of sulfonamides is 1. The molecule has 3 rings (SSSR count). The van der Waals surface area contributed by atoms with Crippen LogP contribution in [0.2, 0.25) is 0 Å². The first kappa shape index (κ1) is 30.9. The van der Waals surface area contributed by atoms with E-state index in [-0.39, 0.29) is 31.3 Å². The molecule has 0 heterocycles. The van der Waals surface area contributed by atoms with Crippen LogP contribution in [-0.2, 0) is 32.6 Å². The minimum atomic E-state index is -3.56. The van der Waals surface area contributed by atoms with Gasteiger partial charge in [-0.25, -0.2) is 8.42 Å². The molecule has 3 aromatic rings. The van der Waals surface area contributed by atoms with Gasteiger partial charge in [-0.05, 0) is 55.0 Å². The molecule has 3 aromatic carbocycles. The second kappa shape index (κ2) is 14.7. The zero-order valence-corrected chi connectivity index (χ0v) is 24.8. The lowest BCUT2D eigenvalue weighted by molar-refractivity contribution is -0.141. The molecule has 7 nitrogen and oxygen atoms in total. The minimum Gasteiger partial charge on any atom is -0.354 e. The van der Waals surface area contributed by atoms with Crippen LogP contribution in [0.4, 0.5) is 5.69 Å². The predicted octanol–water partition coefficient (Wildman–Crippen LogP) is 5.02. The molecule has 0 radical (unpaired) electrons. The molecular formula is C32H41N3O4S. The molecule has 1 atom stereocenters. The molecule has 0 aromatic heterocycles. The topological polar surface area (TPSA) is 86.8 Å². The molecule has 40 heavy (non-hydrogen) atoms. The maximum Gasteiger partial charge on any atom is 0.243 e. The first-order valence-electron chi connectivity index (χ1n) is 13.8. The highest BCUT2D eigenvalue weighted by Crippen LogP contribution is 2.26. The third-order valence-corrected chi connectivity index (χ3v) is 8.19. The number of benzene rings is 3. The monoisotopic (exact) mass is 563 g/mol. The average Bonchev–Trinajstić information content (AvgIpc) is 2.94. The highest BCUT2D eigenvalue weighted by molar-refractivity contribution is 7.92. The van der Waals surface area contributed by atoms with Gasteiger partial charge < -0.3 is 10.2 Å². The van der Waals surface area contributed by atoms with Crippen LogP contribution in [0.15, 0.2) is 78.9 Å². The minimum absolute atomic E-state index is 0.107. The molecule has 2 amide bonds. The van der Waals surface area contributed by atoms with Gasteiger partial charge in [0.2, 0.25) is 21.8 Å². The number of anilines is 1. The number of rotatable bonds is 14. The van der Waals surface area contributed by atoms with E-state index < -0.39 is 16.1 Å². The van der Waals surface area contributed by atoms with E-state index in [0.29, 0.717) is 25.1 Å². The Morgan fingerprint density at radius 2 is 1.50 bits per heavy atom. The molecule has 0 aliphatic heterocycles. The zero-order valence-electron chi connectivity index (χ0n) is 24.0. The van der Waals surface area contributed by atoms with Crippen molar-refractivity contribution in [2.45, 2.75) is 59.0 Å². The highest BCUT2D eigenvalue weighted by Gasteiger charge is 2.30. The smallest absolute Gasteiger partial charge is 0.243 e. The van der Waals surface area contributed by atoms with Gasteiger partial charge in [0, 0.05) is 32.5 Å². The first-order chi connectivity index (χ1) is 19.1. The van der Waals surface area contributed by atoms with Crippen molar-refractivity contribution in [3.63, 3.8) is 0 Å². The van der Waals surface area contributed by atoms with Crippen LogP contribution in [0.25, 0.3) is 0 Å². The molecule has 214 valence electrons. The van der Waals surface area contributed by atoms with Crippen LogP contribution >= 0.6 is 0 Å². The number of nitrogens with one attached hydrogen (secondary N) is 1. The van der Waals surface area contributed by atoms with Crippen molar-refractivity contribution in [1.29, 1.82) is 0 Å². The summed E-state index contributed by atoms with van der Waals surface area (Å²) in [7, 11) is -3.56. The van der Waals surface area contributed by atoms with Crippen LogP contribution in [0.3, 0.4) is 0 Å². The summed E-state index contributed by atoms with van der Waals surface area (Å²) in [5.41, 5.74) is 4.39. The van der Waals surface area contributed by atoms with Crippen molar-refractivity contribution < 1.29 is 18.0 Å². The van der Waals surface area contributed by atoms with E-state index in [1.165, 1.54) is 10.6 Å². The van der Waals surface area contributed by atoms with Gasteiger partial charge in [0.15, 0.2) is 0 Å². The molecule has 0 saturated heterocycles. The SMILES string of the molecule is CCCNC(=O)C(Cc1ccccc1)N(Cc1ccccc1)C(=O)CCCN(c1cccc(C)c1C)S(C)(=O)=O. The zero-order chi connectivity index (χ0) is 29.1. The van der Waals surface area contributed by atoms with Gasteiger partial charge in [0.05, 0.1) is 11.9 Å². The summed E-state index contributed by atoms with van der Waals surface area (Å²) in [5, 5.41) is 2.98. The van der Waals surface area contributed by atoms with Gasteiger partial charge >= 0.3 is 0 Å². The van der Waals surface area contributed by atoms with Crippen molar-refractivity contribution >= 4 is 27.5 Å². The van der Waals surface area contributed by atoms with E-state index in [1.54, 1.807) is 11.0 Å². The molecule has 0 aliphatic carbocycles. The van der Waals surface area contributed by atoms with Gasteiger partial charge in [0.25, 0.3) is 0 Å². The second-order valence-electron chi connectivity index (χ2n) is 10.2. The summed E-state index contributed by atoms with van der Waals surface area (Å²) in [5.74, 6) is -0.381. The van der Waals surface area contributed by atoms with Crippen molar-refractivity contribution in [3.05, 3.63) is 101 Å². The molecule has 0 saturated carbocycles. The van der Waals surface area contributed by atoms with E-state index in [2.05, 4.69) is 5.32 Å². The Morgan fingerprint density at radius 3 is 2.10 bits per heavy atom. The lowest BCUT2D eigenvalue weighted by Crippen LogP contribution is -2.50. The lowest BCUT2D eigenvalue weighted by atomic mass is 10.0. The van der Waals surface area contributed by atoms with Crippen molar-refractivity contribution in [2.75, 3.05) is 23.7 Å². The van der Waals surface area contributed by atoms with Crippen molar-refractivity contribution in [1.82, 2.24) is 10.2 Å². The third kappa shape index (κ3) is 8.68. The largest absolute Gasteiger partial charge is 0.354 e. The number of nitrogens with zero attached hydrogens (tertiary/aromatic N) is 2. The van der Waals surface area contributed by atoms with E-state index in [0.717, 1.165) is 28.7 Å². The van der Waals surface area contributed by atoms with Gasteiger partial charge in [0.1, 0.15) is 6.04 Å². The molecule has 1 N–H and O–H groups in total. The normalized spacial score (nSPS) is 12.0. The quantitative estimate of drug-likeness (QED) is 0.299. The van der Waals surface area contributed by atoms with Crippen LogP contribution in [0, 0.1) is 13.8 Å². The van der Waals surface area contributed by atoms with E-state index in [4.69, 9.17) is 0 Å². The Morgan fingerprint density at radius 1 is 0.875 bits per heavy atom. The highest BCUT2D eigenvalue weighted by atomic mass is 32.2. The second-order valence-corrected chi connectivity index (χ2v) is 12.1. The Hall–Kier alpha value is -3.65. The number of hydrogen-bond donors (Lipinski definition) is 1. The first-order valence-corrected chi connectivity index (χ1v) is 15.7. The number of carbonyl (C=O) groups is 2. The fraction of sp³-hybridized carbons (Fsp3) is 0.375. The number of carbonyl (C=O) groups excluding carboxylic acids is 2. The number of hydrogen-bond acceptors (Lipinski definition) is 4. The van der Waals surface area contributed by atoms with Crippen LogP contribution in [0.5, 0.6) is 0 Å². The van der Waals surface area contributed by atoms with E-state index >= 15 is 0 Å². The summed E-state index contributed by atoms with van der Waals surface area (Å²) in [6.07, 6.45) is 2.78. The third-order valence-electron chi connectivity index (χ3n) is 7.01. The predicted molar refractivity (Wildman–Crippen MR) is 162 cm³/mol. The molecule has 0 aliphatic rings. The summed E-state index contributed by atoms with van der Waals surface area (Å²) in [6, 6.07) is 24.2. The van der Waals surface area contributed by atoms with Crippen LogP contribution in [-0.4, -0.2) is 50.5 Å². The fourth-order valence-corrected chi connectivity index (χ4v) is 5.70. The Bertz CT molecular complexity index is 1360. The van der Waals surface area contributed by atoms with Gasteiger partial charge in [-0.1, -0.05) is 79.7 Å².